The summed E-state index contributed by atoms with van der Waals surface area (Å²) in [6, 6.07) is 6.33. The van der Waals surface area contributed by atoms with Crippen LogP contribution >= 0.6 is 0 Å². The van der Waals surface area contributed by atoms with Gasteiger partial charge in [0.05, 0.1) is 18.9 Å². The highest BCUT2D eigenvalue weighted by atomic mass is 19.1. The Labute approximate surface area is 133 Å². The number of amides is 1. The Hall–Kier alpha value is -2.63. The van der Waals surface area contributed by atoms with Gasteiger partial charge >= 0.3 is 0 Å². The Morgan fingerprint density at radius 3 is 2.83 bits per heavy atom. The van der Waals surface area contributed by atoms with Crippen molar-refractivity contribution in [2.45, 2.75) is 25.4 Å². The van der Waals surface area contributed by atoms with Crippen molar-refractivity contribution >= 4 is 5.91 Å². The summed E-state index contributed by atoms with van der Waals surface area (Å²) in [5.41, 5.74) is 1.08. The van der Waals surface area contributed by atoms with Gasteiger partial charge < -0.3 is 14.7 Å². The maximum Gasteiger partial charge on any atom is 0.256 e. The second kappa shape index (κ2) is 6.24. The van der Waals surface area contributed by atoms with E-state index in [1.165, 1.54) is 25.4 Å². The zero-order valence-electron chi connectivity index (χ0n) is 12.7. The first-order chi connectivity index (χ1) is 11.1. The van der Waals surface area contributed by atoms with Crippen molar-refractivity contribution in [1.82, 2.24) is 9.88 Å². The standard InChI is InChI=1S/C17H17FN2O3/c1-23-16-6-11(2-5-15(16)21)10-20(14-3-4-14)17(22)12-7-13(18)9-19-8-12/h2,5-9,14,21H,3-4,10H2,1H3. The molecule has 23 heavy (non-hydrogen) atoms. The van der Waals surface area contributed by atoms with Crippen LogP contribution in [-0.2, 0) is 6.54 Å². The molecule has 0 bridgehead atoms. The Bertz CT molecular complexity index is 732. The first kappa shape index (κ1) is 15.3. The SMILES string of the molecule is COc1cc(CN(C(=O)c2cncc(F)c2)C2CC2)ccc1O. The molecule has 0 radical (unpaired) electrons. The van der Waals surface area contributed by atoms with Gasteiger partial charge in [0.1, 0.15) is 5.82 Å². The zero-order valence-corrected chi connectivity index (χ0v) is 12.7. The van der Waals surface area contributed by atoms with Crippen molar-refractivity contribution in [2.24, 2.45) is 0 Å². The van der Waals surface area contributed by atoms with Gasteiger partial charge in [-0.2, -0.15) is 0 Å². The van der Waals surface area contributed by atoms with Gasteiger partial charge in [-0.1, -0.05) is 6.07 Å². The van der Waals surface area contributed by atoms with E-state index < -0.39 is 5.82 Å². The number of methoxy groups -OCH3 is 1. The molecule has 0 atom stereocenters. The molecule has 0 unspecified atom stereocenters. The van der Waals surface area contributed by atoms with Crippen LogP contribution in [0.25, 0.3) is 0 Å². The average molecular weight is 316 g/mol. The average Bonchev–Trinajstić information content (AvgIpc) is 3.38. The molecule has 120 valence electrons. The van der Waals surface area contributed by atoms with Crippen LogP contribution in [0, 0.1) is 5.82 Å². The van der Waals surface area contributed by atoms with Crippen LogP contribution in [0.4, 0.5) is 4.39 Å². The van der Waals surface area contributed by atoms with E-state index in [0.29, 0.717) is 12.3 Å². The summed E-state index contributed by atoms with van der Waals surface area (Å²) in [5, 5.41) is 9.65. The molecule has 1 aliphatic rings. The number of halogens is 1. The van der Waals surface area contributed by atoms with Crippen molar-refractivity contribution < 1.29 is 19.0 Å². The number of carbonyl (C=O) groups is 1. The number of aromatic hydroxyl groups is 1. The van der Waals surface area contributed by atoms with Crippen molar-refractivity contribution in [3.05, 3.63) is 53.6 Å². The summed E-state index contributed by atoms with van der Waals surface area (Å²) in [6.45, 7) is 0.372. The number of hydrogen-bond acceptors (Lipinski definition) is 4. The normalized spacial score (nSPS) is 13.7. The van der Waals surface area contributed by atoms with Crippen molar-refractivity contribution in [1.29, 1.82) is 0 Å². The second-order valence-corrected chi connectivity index (χ2v) is 5.56. The topological polar surface area (TPSA) is 62.7 Å². The molecule has 6 heteroatoms. The highest BCUT2D eigenvalue weighted by Crippen LogP contribution is 2.32. The number of pyridine rings is 1. The fourth-order valence-corrected chi connectivity index (χ4v) is 2.46. The monoisotopic (exact) mass is 316 g/mol. The number of hydrogen-bond donors (Lipinski definition) is 1. The van der Waals surface area contributed by atoms with E-state index >= 15 is 0 Å². The predicted molar refractivity (Wildman–Crippen MR) is 81.7 cm³/mol. The van der Waals surface area contributed by atoms with Gasteiger partial charge in [-0.3, -0.25) is 9.78 Å². The van der Waals surface area contributed by atoms with Gasteiger partial charge in [-0.15, -0.1) is 0 Å². The zero-order chi connectivity index (χ0) is 16.4. The van der Waals surface area contributed by atoms with Crippen molar-refractivity contribution in [3.63, 3.8) is 0 Å². The summed E-state index contributed by atoms with van der Waals surface area (Å²) >= 11 is 0. The predicted octanol–water partition coefficient (Wildman–Crippen LogP) is 2.74. The summed E-state index contributed by atoms with van der Waals surface area (Å²) in [7, 11) is 1.47. The fourth-order valence-electron chi connectivity index (χ4n) is 2.46. The van der Waals surface area contributed by atoms with Crippen LogP contribution < -0.4 is 4.74 Å². The molecule has 0 spiro atoms. The first-order valence-corrected chi connectivity index (χ1v) is 7.36. The molecule has 0 saturated heterocycles. The maximum absolute atomic E-state index is 13.3. The Kier molecular flexibility index (Phi) is 4.14. The minimum atomic E-state index is -0.530. The summed E-state index contributed by atoms with van der Waals surface area (Å²) in [4.78, 5) is 18.1. The van der Waals surface area contributed by atoms with E-state index in [1.54, 1.807) is 17.0 Å². The number of phenolic OH excluding ortho intramolecular Hbond substituents is 1. The minimum absolute atomic E-state index is 0.0508. The van der Waals surface area contributed by atoms with Gasteiger partial charge in [-0.05, 0) is 36.6 Å². The van der Waals surface area contributed by atoms with E-state index in [2.05, 4.69) is 4.98 Å². The van der Waals surface area contributed by atoms with E-state index in [1.807, 2.05) is 0 Å². The number of benzene rings is 1. The number of ether oxygens (including phenoxy) is 1. The van der Waals surface area contributed by atoms with Crippen LogP contribution in [0.1, 0.15) is 28.8 Å². The number of aromatic nitrogens is 1. The van der Waals surface area contributed by atoms with Crippen molar-refractivity contribution in [2.75, 3.05) is 7.11 Å². The van der Waals surface area contributed by atoms with E-state index in [9.17, 15) is 14.3 Å². The van der Waals surface area contributed by atoms with E-state index in [4.69, 9.17) is 4.74 Å². The van der Waals surface area contributed by atoms with Crippen LogP contribution in [0.15, 0.2) is 36.7 Å². The smallest absolute Gasteiger partial charge is 0.256 e. The third-order valence-corrected chi connectivity index (χ3v) is 3.80. The lowest BCUT2D eigenvalue weighted by molar-refractivity contribution is 0.0729. The van der Waals surface area contributed by atoms with Gasteiger partial charge in [0.15, 0.2) is 11.5 Å². The highest BCUT2D eigenvalue weighted by Gasteiger charge is 2.33. The van der Waals surface area contributed by atoms with Crippen LogP contribution in [0.2, 0.25) is 0 Å². The molecule has 1 N–H and O–H groups in total. The Morgan fingerprint density at radius 2 is 2.17 bits per heavy atom. The van der Waals surface area contributed by atoms with E-state index in [-0.39, 0.29) is 23.3 Å². The van der Waals surface area contributed by atoms with Gasteiger partial charge in [-0.25, -0.2) is 4.39 Å². The molecule has 1 saturated carbocycles. The maximum atomic E-state index is 13.3. The lowest BCUT2D eigenvalue weighted by Crippen LogP contribution is -2.32. The molecule has 1 aromatic carbocycles. The Morgan fingerprint density at radius 1 is 1.39 bits per heavy atom. The molecule has 5 nitrogen and oxygen atoms in total. The molecule has 0 aliphatic heterocycles. The lowest BCUT2D eigenvalue weighted by Gasteiger charge is -2.23. The third-order valence-electron chi connectivity index (χ3n) is 3.80. The number of phenols is 1. The molecular formula is C17H17FN2O3. The third kappa shape index (κ3) is 3.41. The highest BCUT2D eigenvalue weighted by molar-refractivity contribution is 5.94. The molecular weight excluding hydrogens is 299 g/mol. The fraction of sp³-hybridized carbons (Fsp3) is 0.294. The largest absolute Gasteiger partial charge is 0.504 e. The lowest BCUT2D eigenvalue weighted by atomic mass is 10.1. The van der Waals surface area contributed by atoms with Crippen LogP contribution in [0.3, 0.4) is 0 Å². The van der Waals surface area contributed by atoms with Crippen LogP contribution in [-0.4, -0.2) is 34.0 Å². The van der Waals surface area contributed by atoms with E-state index in [0.717, 1.165) is 24.6 Å². The molecule has 2 aromatic rings. The minimum Gasteiger partial charge on any atom is -0.504 e. The number of rotatable bonds is 5. The van der Waals surface area contributed by atoms with Crippen molar-refractivity contribution in [3.8, 4) is 11.5 Å². The molecule has 1 amide bonds. The molecule has 1 aliphatic carbocycles. The summed E-state index contributed by atoms with van der Waals surface area (Å²) in [5.74, 6) is -0.363. The van der Waals surface area contributed by atoms with Gasteiger partial charge in [0.25, 0.3) is 5.91 Å². The number of carbonyl (C=O) groups excluding carboxylic acids is 1. The molecule has 1 fully saturated rings. The quantitative estimate of drug-likeness (QED) is 0.921. The Balaban J connectivity index is 1.84. The number of nitrogens with zero attached hydrogens (tertiary/aromatic N) is 2. The second-order valence-electron chi connectivity index (χ2n) is 5.56. The van der Waals surface area contributed by atoms with Crippen LogP contribution in [0.5, 0.6) is 11.5 Å². The molecule has 3 rings (SSSR count). The molecule has 1 heterocycles. The first-order valence-electron chi connectivity index (χ1n) is 7.36. The molecule has 1 aromatic heterocycles. The van der Waals surface area contributed by atoms with Gasteiger partial charge in [0, 0.05) is 18.8 Å². The van der Waals surface area contributed by atoms with Gasteiger partial charge in [0.2, 0.25) is 0 Å². The summed E-state index contributed by atoms with van der Waals surface area (Å²) < 4.78 is 18.4. The summed E-state index contributed by atoms with van der Waals surface area (Å²) in [6.07, 6.45) is 4.31.